The van der Waals surface area contributed by atoms with Gasteiger partial charge in [0.05, 0.1) is 25.1 Å². The summed E-state index contributed by atoms with van der Waals surface area (Å²) in [4.78, 5) is 4.56. The fourth-order valence-electron chi connectivity index (χ4n) is 3.20. The number of nitrogens with zero attached hydrogens (tertiary/aromatic N) is 2. The number of fused-ring (bicyclic) bond motifs is 1. The predicted molar refractivity (Wildman–Crippen MR) is 81.3 cm³/mol. The van der Waals surface area contributed by atoms with E-state index in [0.717, 1.165) is 43.5 Å². The van der Waals surface area contributed by atoms with E-state index < -0.39 is 0 Å². The van der Waals surface area contributed by atoms with E-state index in [-0.39, 0.29) is 0 Å². The van der Waals surface area contributed by atoms with Gasteiger partial charge in [0, 0.05) is 11.7 Å². The van der Waals surface area contributed by atoms with E-state index in [4.69, 9.17) is 4.42 Å². The third kappa shape index (κ3) is 2.77. The van der Waals surface area contributed by atoms with Crippen molar-refractivity contribution in [3.8, 4) is 0 Å². The van der Waals surface area contributed by atoms with Crippen LogP contribution >= 0.6 is 0 Å². The molecule has 2 aromatic heterocycles. The molecule has 2 aliphatic rings. The Labute approximate surface area is 125 Å². The van der Waals surface area contributed by atoms with Crippen LogP contribution in [0.3, 0.4) is 0 Å². The monoisotopic (exact) mass is 285 g/mol. The van der Waals surface area contributed by atoms with Crippen molar-refractivity contribution in [1.29, 1.82) is 0 Å². The zero-order chi connectivity index (χ0) is 14.2. The molecule has 1 saturated carbocycles. The highest BCUT2D eigenvalue weighted by Crippen LogP contribution is 2.23. The van der Waals surface area contributed by atoms with Crippen molar-refractivity contribution < 1.29 is 4.42 Å². The second-order valence-corrected chi connectivity index (χ2v) is 6.45. The normalized spacial score (nSPS) is 18.0. The Hall–Kier alpha value is -1.55. The average Bonchev–Trinajstić information content (AvgIpc) is 3.14. The van der Waals surface area contributed by atoms with Crippen LogP contribution in [0.2, 0.25) is 0 Å². The highest BCUT2D eigenvalue weighted by atomic mass is 16.3. The average molecular weight is 285 g/mol. The molecule has 112 valence electrons. The number of imidazole rings is 1. The van der Waals surface area contributed by atoms with Gasteiger partial charge in [0.15, 0.2) is 0 Å². The number of rotatable bonds is 5. The molecule has 0 aromatic carbocycles. The molecule has 0 bridgehead atoms. The van der Waals surface area contributed by atoms with Gasteiger partial charge in [0.2, 0.25) is 0 Å². The van der Waals surface area contributed by atoms with E-state index in [9.17, 15) is 0 Å². The number of hydrogen-bond donors (Lipinski definition) is 1. The van der Waals surface area contributed by atoms with Crippen LogP contribution in [0, 0.1) is 6.92 Å². The summed E-state index contributed by atoms with van der Waals surface area (Å²) in [5, 5.41) is 3.52. The Bertz CT molecular complexity index is 637. The standard InChI is InChI=1S/C17H23N3O/c1-12-8-14(21-17(12)9-18-13-6-7-13)10-20-11-19-15-4-2-3-5-16(15)20/h8,11,13,18H,2-7,9-10H2,1H3. The molecule has 4 rings (SSSR count). The Balaban J connectivity index is 1.48. The van der Waals surface area contributed by atoms with Gasteiger partial charge >= 0.3 is 0 Å². The summed E-state index contributed by atoms with van der Waals surface area (Å²) in [7, 11) is 0. The topological polar surface area (TPSA) is 43.0 Å². The van der Waals surface area contributed by atoms with Gasteiger partial charge in [0.25, 0.3) is 0 Å². The van der Waals surface area contributed by atoms with Crippen LogP contribution < -0.4 is 5.32 Å². The number of aryl methyl sites for hydroxylation is 2. The first-order valence-electron chi connectivity index (χ1n) is 8.14. The molecule has 0 aliphatic heterocycles. The summed E-state index contributed by atoms with van der Waals surface area (Å²) in [6, 6.07) is 2.90. The minimum atomic E-state index is 0.721. The fourth-order valence-corrected chi connectivity index (χ4v) is 3.20. The zero-order valence-corrected chi connectivity index (χ0v) is 12.7. The molecule has 0 saturated heterocycles. The van der Waals surface area contributed by atoms with Crippen molar-refractivity contribution in [3.63, 3.8) is 0 Å². The van der Waals surface area contributed by atoms with Gasteiger partial charge in [-0.2, -0.15) is 0 Å². The maximum absolute atomic E-state index is 6.05. The van der Waals surface area contributed by atoms with Crippen LogP contribution in [0.5, 0.6) is 0 Å². The summed E-state index contributed by atoms with van der Waals surface area (Å²) in [6.45, 7) is 3.81. The van der Waals surface area contributed by atoms with Gasteiger partial charge in [-0.15, -0.1) is 0 Å². The quantitative estimate of drug-likeness (QED) is 0.918. The number of nitrogens with one attached hydrogen (secondary N) is 1. The van der Waals surface area contributed by atoms with Crippen LogP contribution in [0.25, 0.3) is 0 Å². The summed E-state index contributed by atoms with van der Waals surface area (Å²) < 4.78 is 8.31. The predicted octanol–water partition coefficient (Wildman–Crippen LogP) is 2.96. The van der Waals surface area contributed by atoms with Crippen LogP contribution in [0.15, 0.2) is 16.8 Å². The first-order chi connectivity index (χ1) is 10.3. The van der Waals surface area contributed by atoms with Crippen molar-refractivity contribution in [2.45, 2.75) is 64.6 Å². The van der Waals surface area contributed by atoms with Gasteiger partial charge in [0.1, 0.15) is 11.5 Å². The lowest BCUT2D eigenvalue weighted by molar-refractivity contribution is 0.432. The van der Waals surface area contributed by atoms with Gasteiger partial charge in [-0.3, -0.25) is 0 Å². The fraction of sp³-hybridized carbons (Fsp3) is 0.588. The molecule has 21 heavy (non-hydrogen) atoms. The Morgan fingerprint density at radius 1 is 1.33 bits per heavy atom. The highest BCUT2D eigenvalue weighted by Gasteiger charge is 2.21. The van der Waals surface area contributed by atoms with Crippen LogP contribution in [-0.2, 0) is 25.9 Å². The summed E-state index contributed by atoms with van der Waals surface area (Å²) >= 11 is 0. The Morgan fingerprint density at radius 3 is 3.05 bits per heavy atom. The molecular formula is C17H23N3O. The van der Waals surface area contributed by atoms with Gasteiger partial charge in [-0.05, 0) is 57.1 Å². The minimum Gasteiger partial charge on any atom is -0.463 e. The van der Waals surface area contributed by atoms with E-state index in [1.165, 1.54) is 42.6 Å². The lowest BCUT2D eigenvalue weighted by Crippen LogP contribution is -2.15. The highest BCUT2D eigenvalue weighted by molar-refractivity contribution is 5.22. The molecule has 1 N–H and O–H groups in total. The Kier molecular flexibility index (Phi) is 3.34. The van der Waals surface area contributed by atoms with Gasteiger partial charge < -0.3 is 14.3 Å². The first kappa shape index (κ1) is 13.1. The van der Waals surface area contributed by atoms with Crippen molar-refractivity contribution in [1.82, 2.24) is 14.9 Å². The summed E-state index contributed by atoms with van der Waals surface area (Å²) in [5.41, 5.74) is 3.96. The smallest absolute Gasteiger partial charge is 0.124 e. The molecule has 2 heterocycles. The molecule has 0 unspecified atom stereocenters. The Morgan fingerprint density at radius 2 is 2.19 bits per heavy atom. The third-order valence-electron chi connectivity index (χ3n) is 4.64. The van der Waals surface area contributed by atoms with E-state index in [1.54, 1.807) is 0 Å². The van der Waals surface area contributed by atoms with Crippen molar-refractivity contribution in [2.75, 3.05) is 0 Å². The maximum atomic E-state index is 6.05. The zero-order valence-electron chi connectivity index (χ0n) is 12.7. The molecule has 0 radical (unpaired) electrons. The number of aromatic nitrogens is 2. The summed E-state index contributed by atoms with van der Waals surface area (Å²) in [5.74, 6) is 2.14. The van der Waals surface area contributed by atoms with Crippen LogP contribution in [0.1, 0.15) is 54.2 Å². The molecule has 4 nitrogen and oxygen atoms in total. The van der Waals surface area contributed by atoms with Crippen molar-refractivity contribution >= 4 is 0 Å². The molecule has 0 spiro atoms. The molecule has 4 heteroatoms. The van der Waals surface area contributed by atoms with Crippen LogP contribution in [-0.4, -0.2) is 15.6 Å². The maximum Gasteiger partial charge on any atom is 0.124 e. The molecular weight excluding hydrogens is 262 g/mol. The van der Waals surface area contributed by atoms with Gasteiger partial charge in [-0.25, -0.2) is 4.98 Å². The molecule has 1 fully saturated rings. The molecule has 0 amide bonds. The second-order valence-electron chi connectivity index (χ2n) is 6.45. The molecule has 2 aromatic rings. The lowest BCUT2D eigenvalue weighted by atomic mass is 10.0. The van der Waals surface area contributed by atoms with E-state index >= 15 is 0 Å². The lowest BCUT2D eigenvalue weighted by Gasteiger charge is -2.13. The number of hydrogen-bond acceptors (Lipinski definition) is 3. The van der Waals surface area contributed by atoms with E-state index in [2.05, 4.69) is 27.9 Å². The van der Waals surface area contributed by atoms with Gasteiger partial charge in [-0.1, -0.05) is 0 Å². The summed E-state index contributed by atoms with van der Waals surface area (Å²) in [6.07, 6.45) is 9.46. The largest absolute Gasteiger partial charge is 0.463 e. The second kappa shape index (κ2) is 5.34. The number of furan rings is 1. The van der Waals surface area contributed by atoms with E-state index in [1.807, 2.05) is 6.33 Å². The molecule has 2 aliphatic carbocycles. The van der Waals surface area contributed by atoms with Crippen molar-refractivity contribution in [2.24, 2.45) is 0 Å². The van der Waals surface area contributed by atoms with Crippen LogP contribution in [0.4, 0.5) is 0 Å². The van der Waals surface area contributed by atoms with E-state index in [0.29, 0.717) is 0 Å². The first-order valence-corrected chi connectivity index (χ1v) is 8.14. The third-order valence-corrected chi connectivity index (χ3v) is 4.64. The molecule has 0 atom stereocenters. The SMILES string of the molecule is Cc1cc(Cn2cnc3c2CCCC3)oc1CNC1CC1. The minimum absolute atomic E-state index is 0.721. The van der Waals surface area contributed by atoms with Crippen molar-refractivity contribution in [3.05, 3.63) is 40.9 Å².